The van der Waals surface area contributed by atoms with Crippen LogP contribution in [0.3, 0.4) is 0 Å². The fourth-order valence-corrected chi connectivity index (χ4v) is 2.56. The van der Waals surface area contributed by atoms with Crippen LogP contribution < -0.4 is 0 Å². The summed E-state index contributed by atoms with van der Waals surface area (Å²) in [5.41, 5.74) is 0.934. The normalized spacial score (nSPS) is 16.7. The number of phenols is 1. The molecule has 1 aromatic rings. The SMILES string of the molecule is Cc1ccc(C(=O)O[C@@H](C)C(=O)N2CCCCCC2)cc1O. The number of hydrogen-bond acceptors (Lipinski definition) is 4. The summed E-state index contributed by atoms with van der Waals surface area (Å²) in [6.45, 7) is 4.80. The summed E-state index contributed by atoms with van der Waals surface area (Å²) in [5, 5.41) is 9.64. The van der Waals surface area contributed by atoms with Crippen LogP contribution in [0, 0.1) is 6.92 Å². The van der Waals surface area contributed by atoms with Crippen LogP contribution in [0.25, 0.3) is 0 Å². The molecule has 1 saturated heterocycles. The molecule has 1 aromatic carbocycles. The second-order valence-corrected chi connectivity index (χ2v) is 5.79. The van der Waals surface area contributed by atoms with Crippen molar-refractivity contribution in [1.29, 1.82) is 0 Å². The highest BCUT2D eigenvalue weighted by Gasteiger charge is 2.25. The van der Waals surface area contributed by atoms with Crippen molar-refractivity contribution < 1.29 is 19.4 Å². The van der Waals surface area contributed by atoms with Gasteiger partial charge in [0.05, 0.1) is 5.56 Å². The number of hydrogen-bond donors (Lipinski definition) is 1. The third-order valence-electron chi connectivity index (χ3n) is 3.99. The van der Waals surface area contributed by atoms with Crippen LogP contribution in [0.15, 0.2) is 18.2 Å². The topological polar surface area (TPSA) is 66.8 Å². The molecule has 1 atom stereocenters. The van der Waals surface area contributed by atoms with Crippen LogP contribution in [0.2, 0.25) is 0 Å². The third-order valence-corrected chi connectivity index (χ3v) is 3.99. The van der Waals surface area contributed by atoms with E-state index in [0.29, 0.717) is 5.56 Å². The zero-order valence-electron chi connectivity index (χ0n) is 13.2. The number of rotatable bonds is 3. The van der Waals surface area contributed by atoms with Crippen molar-refractivity contribution in [3.05, 3.63) is 29.3 Å². The van der Waals surface area contributed by atoms with E-state index in [-0.39, 0.29) is 17.2 Å². The van der Waals surface area contributed by atoms with E-state index >= 15 is 0 Å². The van der Waals surface area contributed by atoms with Crippen molar-refractivity contribution in [3.63, 3.8) is 0 Å². The van der Waals surface area contributed by atoms with Crippen molar-refractivity contribution in [2.45, 2.75) is 45.6 Å². The molecule has 0 spiro atoms. The van der Waals surface area contributed by atoms with Gasteiger partial charge in [0, 0.05) is 13.1 Å². The van der Waals surface area contributed by atoms with Gasteiger partial charge in [0.15, 0.2) is 6.10 Å². The Morgan fingerprint density at radius 3 is 2.41 bits per heavy atom. The van der Waals surface area contributed by atoms with E-state index in [1.54, 1.807) is 30.9 Å². The van der Waals surface area contributed by atoms with E-state index < -0.39 is 12.1 Å². The number of aryl methyl sites for hydroxylation is 1. The van der Waals surface area contributed by atoms with Crippen LogP contribution >= 0.6 is 0 Å². The number of esters is 1. The monoisotopic (exact) mass is 305 g/mol. The average molecular weight is 305 g/mol. The summed E-state index contributed by atoms with van der Waals surface area (Å²) in [4.78, 5) is 26.2. The van der Waals surface area contributed by atoms with E-state index in [1.807, 2.05) is 0 Å². The first-order chi connectivity index (χ1) is 10.5. The van der Waals surface area contributed by atoms with E-state index in [4.69, 9.17) is 4.74 Å². The summed E-state index contributed by atoms with van der Waals surface area (Å²) < 4.78 is 5.25. The van der Waals surface area contributed by atoms with Gasteiger partial charge < -0.3 is 14.7 Å². The Kier molecular flexibility index (Phi) is 5.41. The van der Waals surface area contributed by atoms with Gasteiger partial charge >= 0.3 is 5.97 Å². The average Bonchev–Trinajstić information content (AvgIpc) is 2.78. The quantitative estimate of drug-likeness (QED) is 0.872. The molecule has 2 rings (SSSR count). The second-order valence-electron chi connectivity index (χ2n) is 5.79. The Bertz CT molecular complexity index is 548. The molecule has 120 valence electrons. The number of amides is 1. The van der Waals surface area contributed by atoms with E-state index in [0.717, 1.165) is 38.8 Å². The summed E-state index contributed by atoms with van der Waals surface area (Å²) >= 11 is 0. The Morgan fingerprint density at radius 2 is 1.82 bits per heavy atom. The lowest BCUT2D eigenvalue weighted by Gasteiger charge is -2.24. The summed E-state index contributed by atoms with van der Waals surface area (Å²) in [5.74, 6) is -0.696. The summed E-state index contributed by atoms with van der Waals surface area (Å²) in [6.07, 6.45) is 3.46. The minimum absolute atomic E-state index is 0.0425. The van der Waals surface area contributed by atoms with Gasteiger partial charge in [0.25, 0.3) is 5.91 Å². The maximum atomic E-state index is 12.3. The molecule has 0 aromatic heterocycles. The van der Waals surface area contributed by atoms with Gasteiger partial charge in [-0.2, -0.15) is 0 Å². The maximum absolute atomic E-state index is 12.3. The van der Waals surface area contributed by atoms with E-state index in [2.05, 4.69) is 0 Å². The largest absolute Gasteiger partial charge is 0.508 e. The molecule has 0 saturated carbocycles. The fraction of sp³-hybridized carbons (Fsp3) is 0.529. The van der Waals surface area contributed by atoms with Gasteiger partial charge in [-0.15, -0.1) is 0 Å². The van der Waals surface area contributed by atoms with Crippen LogP contribution in [0.5, 0.6) is 5.75 Å². The lowest BCUT2D eigenvalue weighted by molar-refractivity contribution is -0.139. The molecule has 0 radical (unpaired) electrons. The highest BCUT2D eigenvalue weighted by Crippen LogP contribution is 2.19. The highest BCUT2D eigenvalue weighted by atomic mass is 16.5. The van der Waals surface area contributed by atoms with Gasteiger partial charge in [-0.3, -0.25) is 4.79 Å². The van der Waals surface area contributed by atoms with Gasteiger partial charge in [-0.25, -0.2) is 4.79 Å². The first kappa shape index (κ1) is 16.3. The Balaban J connectivity index is 1.97. The number of phenolic OH excluding ortho intramolecular Hbond substituents is 1. The Morgan fingerprint density at radius 1 is 1.18 bits per heavy atom. The Hall–Kier alpha value is -2.04. The first-order valence-electron chi connectivity index (χ1n) is 7.78. The summed E-state index contributed by atoms with van der Waals surface area (Å²) in [7, 11) is 0. The van der Waals surface area contributed by atoms with Gasteiger partial charge in [-0.05, 0) is 44.4 Å². The van der Waals surface area contributed by atoms with Crippen LogP contribution in [-0.2, 0) is 9.53 Å². The number of nitrogens with zero attached hydrogens (tertiary/aromatic N) is 1. The fourth-order valence-electron chi connectivity index (χ4n) is 2.56. The van der Waals surface area contributed by atoms with Crippen molar-refractivity contribution in [3.8, 4) is 5.75 Å². The zero-order valence-corrected chi connectivity index (χ0v) is 13.2. The smallest absolute Gasteiger partial charge is 0.339 e. The molecular formula is C17H23NO4. The molecule has 1 fully saturated rings. The lowest BCUT2D eigenvalue weighted by atomic mass is 10.1. The predicted octanol–water partition coefficient (Wildman–Crippen LogP) is 2.65. The highest BCUT2D eigenvalue weighted by molar-refractivity contribution is 5.92. The molecule has 1 aliphatic rings. The molecular weight excluding hydrogens is 282 g/mol. The third kappa shape index (κ3) is 4.00. The van der Waals surface area contributed by atoms with Crippen LogP contribution in [0.4, 0.5) is 0 Å². The molecule has 5 heteroatoms. The van der Waals surface area contributed by atoms with E-state index in [9.17, 15) is 14.7 Å². The second kappa shape index (κ2) is 7.29. The molecule has 1 heterocycles. The standard InChI is InChI=1S/C17H23NO4/c1-12-7-8-14(11-15(12)19)17(21)22-13(2)16(20)18-9-5-3-4-6-10-18/h7-8,11,13,19H,3-6,9-10H2,1-2H3/t13-/m0/s1. The molecule has 1 amide bonds. The molecule has 0 aliphatic carbocycles. The molecule has 22 heavy (non-hydrogen) atoms. The molecule has 0 bridgehead atoms. The molecule has 5 nitrogen and oxygen atoms in total. The van der Waals surface area contributed by atoms with E-state index in [1.165, 1.54) is 6.07 Å². The number of carbonyl (C=O) groups excluding carboxylic acids is 2. The first-order valence-corrected chi connectivity index (χ1v) is 7.78. The zero-order chi connectivity index (χ0) is 16.1. The van der Waals surface area contributed by atoms with Gasteiger partial charge in [-0.1, -0.05) is 18.9 Å². The number of carbonyl (C=O) groups is 2. The van der Waals surface area contributed by atoms with Gasteiger partial charge in [0.2, 0.25) is 0 Å². The van der Waals surface area contributed by atoms with Crippen LogP contribution in [0.1, 0.15) is 48.5 Å². The number of likely N-dealkylation sites (tertiary alicyclic amines) is 1. The summed E-state index contributed by atoms with van der Waals surface area (Å²) in [6, 6.07) is 4.59. The molecule has 1 aliphatic heterocycles. The lowest BCUT2D eigenvalue weighted by Crippen LogP contribution is -2.40. The van der Waals surface area contributed by atoms with Gasteiger partial charge in [0.1, 0.15) is 5.75 Å². The van der Waals surface area contributed by atoms with Crippen molar-refractivity contribution in [1.82, 2.24) is 4.90 Å². The van der Waals surface area contributed by atoms with Crippen LogP contribution in [-0.4, -0.2) is 41.1 Å². The number of ether oxygens (including phenoxy) is 1. The van der Waals surface area contributed by atoms with Crippen molar-refractivity contribution in [2.75, 3.05) is 13.1 Å². The van der Waals surface area contributed by atoms with Crippen molar-refractivity contribution >= 4 is 11.9 Å². The maximum Gasteiger partial charge on any atom is 0.339 e. The minimum Gasteiger partial charge on any atom is -0.508 e. The number of aromatic hydroxyl groups is 1. The minimum atomic E-state index is -0.811. The number of benzene rings is 1. The molecule has 0 unspecified atom stereocenters. The predicted molar refractivity (Wildman–Crippen MR) is 82.8 cm³/mol. The Labute approximate surface area is 130 Å². The molecule has 1 N–H and O–H groups in total. The van der Waals surface area contributed by atoms with Crippen molar-refractivity contribution in [2.24, 2.45) is 0 Å².